The Bertz CT molecular complexity index is 897. The number of para-hydroxylation sites is 1. The number of aliphatic hydroxyl groups is 1. The molecule has 1 aliphatic rings. The van der Waals surface area contributed by atoms with Crippen LogP contribution in [0.5, 0.6) is 0 Å². The van der Waals surface area contributed by atoms with E-state index in [1.54, 1.807) is 0 Å². The molecule has 0 saturated carbocycles. The maximum atomic E-state index is 9.34. The molecule has 0 amide bonds. The summed E-state index contributed by atoms with van der Waals surface area (Å²) >= 11 is 5.64. The van der Waals surface area contributed by atoms with Gasteiger partial charge in [0.15, 0.2) is 5.11 Å². The average Bonchev–Trinajstić information content (AvgIpc) is 3.32. The Kier molecular flexibility index (Phi) is 5.18. The molecule has 1 saturated heterocycles. The lowest BCUT2D eigenvalue weighted by atomic mass is 10.0. The van der Waals surface area contributed by atoms with Crippen molar-refractivity contribution < 1.29 is 5.11 Å². The van der Waals surface area contributed by atoms with Gasteiger partial charge in [0.05, 0.1) is 17.8 Å². The summed E-state index contributed by atoms with van der Waals surface area (Å²) in [6, 6.07) is 20.4. The van der Waals surface area contributed by atoms with Gasteiger partial charge in [0, 0.05) is 36.9 Å². The van der Waals surface area contributed by atoms with Crippen LogP contribution in [-0.4, -0.2) is 37.8 Å². The fraction of sp³-hybridized carbons (Fsp3) is 0.238. The maximum Gasteiger partial charge on any atom is 0.170 e. The molecule has 6 heteroatoms. The lowest BCUT2D eigenvalue weighted by Crippen LogP contribution is -2.31. The van der Waals surface area contributed by atoms with Gasteiger partial charge < -0.3 is 19.9 Å². The van der Waals surface area contributed by atoms with Crippen LogP contribution in [0.1, 0.15) is 29.9 Å². The number of nitrogens with one attached hydrogen (secondary N) is 1. The van der Waals surface area contributed by atoms with E-state index in [1.807, 2.05) is 42.6 Å². The standard InChI is InChI=1S/C21H22N4OS/c26-15-7-14-25-20(19(23-21(25)27)17-10-4-5-12-22-17)18-11-6-13-24(18)16-8-2-1-3-9-16/h1-6,8-13,19-20,26H,7,14-15H2,(H,23,27)/t19-,20+/m0/s1. The predicted octanol–water partition coefficient (Wildman–Crippen LogP) is 3.23. The summed E-state index contributed by atoms with van der Waals surface area (Å²) in [5.41, 5.74) is 3.21. The number of thiocarbonyl (C=S) groups is 1. The molecule has 0 bridgehead atoms. The molecule has 138 valence electrons. The average molecular weight is 379 g/mol. The highest BCUT2D eigenvalue weighted by Gasteiger charge is 2.40. The smallest absolute Gasteiger partial charge is 0.170 e. The van der Waals surface area contributed by atoms with E-state index in [9.17, 15) is 5.11 Å². The highest BCUT2D eigenvalue weighted by atomic mass is 32.1. The normalized spacial score (nSPS) is 19.3. The Morgan fingerprint density at radius 3 is 2.59 bits per heavy atom. The van der Waals surface area contributed by atoms with E-state index in [1.165, 1.54) is 0 Å². The largest absolute Gasteiger partial charge is 0.396 e. The molecule has 0 aliphatic carbocycles. The second kappa shape index (κ2) is 7.90. The minimum atomic E-state index is -0.0465. The summed E-state index contributed by atoms with van der Waals surface area (Å²) in [4.78, 5) is 6.73. The highest BCUT2D eigenvalue weighted by Crippen LogP contribution is 2.39. The monoisotopic (exact) mass is 378 g/mol. The van der Waals surface area contributed by atoms with Crippen LogP contribution >= 0.6 is 12.2 Å². The van der Waals surface area contributed by atoms with Gasteiger partial charge in [-0.1, -0.05) is 24.3 Å². The molecule has 0 radical (unpaired) electrons. The molecular weight excluding hydrogens is 356 g/mol. The number of aliphatic hydroxyl groups excluding tert-OH is 1. The van der Waals surface area contributed by atoms with Gasteiger partial charge in [0.25, 0.3) is 0 Å². The molecule has 27 heavy (non-hydrogen) atoms. The van der Waals surface area contributed by atoms with Crippen LogP contribution in [-0.2, 0) is 0 Å². The van der Waals surface area contributed by atoms with Crippen molar-refractivity contribution in [3.8, 4) is 5.69 Å². The van der Waals surface area contributed by atoms with Crippen LogP contribution in [0.3, 0.4) is 0 Å². The van der Waals surface area contributed by atoms with Gasteiger partial charge in [-0.2, -0.15) is 0 Å². The quantitative estimate of drug-likeness (QED) is 0.645. The van der Waals surface area contributed by atoms with Crippen LogP contribution in [0, 0.1) is 0 Å². The molecule has 4 rings (SSSR count). The van der Waals surface area contributed by atoms with E-state index >= 15 is 0 Å². The Balaban J connectivity index is 1.78. The van der Waals surface area contributed by atoms with E-state index < -0.39 is 0 Å². The number of rotatable bonds is 6. The van der Waals surface area contributed by atoms with E-state index in [0.717, 1.165) is 17.1 Å². The summed E-state index contributed by atoms with van der Waals surface area (Å²) in [7, 11) is 0. The van der Waals surface area contributed by atoms with Crippen LogP contribution in [0.2, 0.25) is 0 Å². The lowest BCUT2D eigenvalue weighted by Gasteiger charge is -2.28. The predicted molar refractivity (Wildman–Crippen MR) is 110 cm³/mol. The van der Waals surface area contributed by atoms with Crippen LogP contribution < -0.4 is 5.32 Å². The molecule has 0 spiro atoms. The first kappa shape index (κ1) is 17.7. The van der Waals surface area contributed by atoms with Gasteiger partial charge in [0.1, 0.15) is 0 Å². The number of nitrogens with zero attached hydrogens (tertiary/aromatic N) is 3. The fourth-order valence-corrected chi connectivity index (χ4v) is 4.00. The van der Waals surface area contributed by atoms with Crippen LogP contribution in [0.25, 0.3) is 5.69 Å². The zero-order valence-corrected chi connectivity index (χ0v) is 15.7. The van der Waals surface area contributed by atoms with Gasteiger partial charge in [-0.25, -0.2) is 0 Å². The van der Waals surface area contributed by atoms with Gasteiger partial charge in [-0.3, -0.25) is 4.98 Å². The van der Waals surface area contributed by atoms with Gasteiger partial charge in [0.2, 0.25) is 0 Å². The van der Waals surface area contributed by atoms with Crippen molar-refractivity contribution in [2.24, 2.45) is 0 Å². The first-order valence-electron chi connectivity index (χ1n) is 9.11. The first-order chi connectivity index (χ1) is 13.3. The minimum absolute atomic E-state index is 0.00541. The Morgan fingerprint density at radius 1 is 1.04 bits per heavy atom. The topological polar surface area (TPSA) is 53.3 Å². The molecule has 0 unspecified atom stereocenters. The molecule has 1 fully saturated rings. The van der Waals surface area contributed by atoms with Gasteiger partial charge in [-0.15, -0.1) is 0 Å². The van der Waals surface area contributed by atoms with Crippen molar-refractivity contribution >= 4 is 17.3 Å². The SMILES string of the molecule is OCCCN1C(=S)N[C@@H](c2ccccn2)[C@H]1c1cccn1-c1ccccc1. The molecular formula is C21H22N4OS. The third-order valence-corrected chi connectivity index (χ3v) is 5.22. The van der Waals surface area contributed by atoms with Crippen molar-refractivity contribution in [1.82, 2.24) is 19.8 Å². The summed E-state index contributed by atoms with van der Waals surface area (Å²) < 4.78 is 2.20. The first-order valence-corrected chi connectivity index (χ1v) is 9.52. The molecule has 2 aromatic heterocycles. The summed E-state index contributed by atoms with van der Waals surface area (Å²) in [5, 5.41) is 13.5. The van der Waals surface area contributed by atoms with Crippen molar-refractivity contribution in [2.75, 3.05) is 13.2 Å². The Morgan fingerprint density at radius 2 is 1.85 bits per heavy atom. The van der Waals surface area contributed by atoms with Crippen molar-refractivity contribution in [3.05, 3.63) is 84.4 Å². The Labute approximate surface area is 164 Å². The van der Waals surface area contributed by atoms with Crippen molar-refractivity contribution in [3.63, 3.8) is 0 Å². The molecule has 3 heterocycles. The minimum Gasteiger partial charge on any atom is -0.396 e. The summed E-state index contributed by atoms with van der Waals surface area (Å²) in [6.45, 7) is 0.829. The molecule has 3 aromatic rings. The highest BCUT2D eigenvalue weighted by molar-refractivity contribution is 7.80. The van der Waals surface area contributed by atoms with E-state index in [-0.39, 0.29) is 18.7 Å². The summed E-state index contributed by atoms with van der Waals surface area (Å²) in [6.07, 6.45) is 4.55. The number of hydrogen-bond acceptors (Lipinski definition) is 3. The lowest BCUT2D eigenvalue weighted by molar-refractivity contribution is 0.245. The Hall–Kier alpha value is -2.70. The van der Waals surface area contributed by atoms with Gasteiger partial charge in [-0.05, 0) is 55.0 Å². The molecule has 2 N–H and O–H groups in total. The number of pyridine rings is 1. The second-order valence-electron chi connectivity index (χ2n) is 6.54. The van der Waals surface area contributed by atoms with E-state index in [0.29, 0.717) is 18.1 Å². The third kappa shape index (κ3) is 3.46. The number of benzene rings is 1. The maximum absolute atomic E-state index is 9.34. The van der Waals surface area contributed by atoms with E-state index in [4.69, 9.17) is 12.2 Å². The summed E-state index contributed by atoms with van der Waals surface area (Å²) in [5.74, 6) is 0. The molecule has 1 aromatic carbocycles. The van der Waals surface area contributed by atoms with Crippen LogP contribution in [0.4, 0.5) is 0 Å². The van der Waals surface area contributed by atoms with E-state index in [2.05, 4.69) is 50.2 Å². The zero-order chi connectivity index (χ0) is 18.6. The molecule has 5 nitrogen and oxygen atoms in total. The number of hydrogen-bond donors (Lipinski definition) is 2. The van der Waals surface area contributed by atoms with Crippen molar-refractivity contribution in [1.29, 1.82) is 0 Å². The molecule has 1 aliphatic heterocycles. The zero-order valence-electron chi connectivity index (χ0n) is 14.9. The molecule has 2 atom stereocenters. The number of aromatic nitrogens is 2. The third-order valence-electron chi connectivity index (χ3n) is 4.87. The van der Waals surface area contributed by atoms with Crippen LogP contribution in [0.15, 0.2) is 73.1 Å². The van der Waals surface area contributed by atoms with Gasteiger partial charge >= 0.3 is 0 Å². The second-order valence-corrected chi connectivity index (χ2v) is 6.92. The van der Waals surface area contributed by atoms with Crippen molar-refractivity contribution in [2.45, 2.75) is 18.5 Å². The fourth-order valence-electron chi connectivity index (χ4n) is 3.67.